The number of nitrogens with one attached hydrogen (secondary N) is 1. The van der Waals surface area contributed by atoms with Crippen LogP contribution in [0.5, 0.6) is 17.2 Å². The summed E-state index contributed by atoms with van der Waals surface area (Å²) in [4.78, 5) is 14.8. The van der Waals surface area contributed by atoms with E-state index in [1.54, 1.807) is 23.1 Å². The second-order valence-electron chi connectivity index (χ2n) is 8.44. The number of fused-ring (bicyclic) bond motifs is 1. The summed E-state index contributed by atoms with van der Waals surface area (Å²) in [5.41, 5.74) is 2.81. The lowest BCUT2D eigenvalue weighted by molar-refractivity contribution is 0.0962. The van der Waals surface area contributed by atoms with Crippen molar-refractivity contribution in [2.45, 2.75) is 58.9 Å². The van der Waals surface area contributed by atoms with Crippen LogP contribution in [0, 0.1) is 11.2 Å². The van der Waals surface area contributed by atoms with Gasteiger partial charge in [0.2, 0.25) is 0 Å². The van der Waals surface area contributed by atoms with Gasteiger partial charge in [0.05, 0.1) is 26.3 Å². The largest absolute Gasteiger partial charge is 0.507 e. The van der Waals surface area contributed by atoms with Gasteiger partial charge >= 0.3 is 0 Å². The van der Waals surface area contributed by atoms with Crippen LogP contribution in [0.1, 0.15) is 72.1 Å². The molecule has 33 heavy (non-hydrogen) atoms. The number of halogens is 1. The molecule has 2 N–H and O–H groups in total. The van der Waals surface area contributed by atoms with Crippen LogP contribution in [0.25, 0.3) is 0 Å². The fraction of sp³-hybridized carbons (Fsp3) is 0.462. The number of unbranched alkanes of at least 4 members (excludes halogenated alkanes) is 2. The zero-order valence-electron chi connectivity index (χ0n) is 19.9. The van der Waals surface area contributed by atoms with Crippen molar-refractivity contribution >= 4 is 11.6 Å². The number of ether oxygens (including phenoxy) is 2. The molecule has 2 aromatic carbocycles. The number of phenolic OH excluding ortho intramolecular Hbond substituents is 1. The highest BCUT2D eigenvalue weighted by Gasteiger charge is 2.33. The molecule has 0 aromatic heterocycles. The minimum atomic E-state index is -0.653. The summed E-state index contributed by atoms with van der Waals surface area (Å²) >= 11 is 0. The van der Waals surface area contributed by atoms with E-state index in [2.05, 4.69) is 13.8 Å². The van der Waals surface area contributed by atoms with E-state index in [9.17, 15) is 9.90 Å². The Labute approximate surface area is 194 Å². The molecule has 178 valence electrons. The Morgan fingerprint density at radius 1 is 1.09 bits per heavy atom. The van der Waals surface area contributed by atoms with Gasteiger partial charge in [0.15, 0.2) is 23.1 Å². The number of carbonyl (C=O) groups excluding carboxylic acids is 1. The van der Waals surface area contributed by atoms with Crippen LogP contribution in [0.2, 0.25) is 0 Å². The second-order valence-corrected chi connectivity index (χ2v) is 8.44. The van der Waals surface area contributed by atoms with Crippen LogP contribution >= 0.6 is 0 Å². The van der Waals surface area contributed by atoms with E-state index in [0.29, 0.717) is 24.0 Å². The van der Waals surface area contributed by atoms with Crippen molar-refractivity contribution in [1.82, 2.24) is 4.90 Å². The molecule has 7 heteroatoms. The first kappa shape index (κ1) is 24.6. The number of amidine groups is 1. The minimum Gasteiger partial charge on any atom is -0.507 e. The fourth-order valence-corrected chi connectivity index (χ4v) is 4.26. The molecule has 0 saturated carbocycles. The molecule has 6 nitrogen and oxygen atoms in total. The van der Waals surface area contributed by atoms with Crippen molar-refractivity contribution in [1.29, 1.82) is 5.41 Å². The van der Waals surface area contributed by atoms with Crippen LogP contribution in [-0.2, 0) is 19.4 Å². The van der Waals surface area contributed by atoms with Gasteiger partial charge in [-0.15, -0.1) is 0 Å². The molecule has 0 unspecified atom stereocenters. The highest BCUT2D eigenvalue weighted by molar-refractivity contribution is 6.06. The third-order valence-electron chi connectivity index (χ3n) is 6.13. The van der Waals surface area contributed by atoms with E-state index in [1.165, 1.54) is 14.2 Å². The Balaban J connectivity index is 1.87. The summed E-state index contributed by atoms with van der Waals surface area (Å²) in [6, 6.07) is 5.19. The van der Waals surface area contributed by atoms with E-state index in [4.69, 9.17) is 14.9 Å². The zero-order chi connectivity index (χ0) is 24.1. The average Bonchev–Trinajstić information content (AvgIpc) is 3.12. The minimum absolute atomic E-state index is 0.0474. The molecule has 3 rings (SSSR count). The highest BCUT2D eigenvalue weighted by Crippen LogP contribution is 2.38. The number of rotatable bonds is 11. The molecule has 0 amide bonds. The van der Waals surface area contributed by atoms with Gasteiger partial charge in [0.1, 0.15) is 11.6 Å². The summed E-state index contributed by atoms with van der Waals surface area (Å²) in [7, 11) is 2.78. The Bertz CT molecular complexity index is 1020. The van der Waals surface area contributed by atoms with Gasteiger partial charge < -0.3 is 19.5 Å². The molecule has 0 atom stereocenters. The maximum absolute atomic E-state index is 15.0. The predicted octanol–water partition coefficient (Wildman–Crippen LogP) is 5.26. The number of aromatic hydroxyl groups is 1. The topological polar surface area (TPSA) is 82.9 Å². The molecule has 1 aliphatic rings. The molecule has 1 aliphatic heterocycles. The third kappa shape index (κ3) is 4.97. The predicted molar refractivity (Wildman–Crippen MR) is 126 cm³/mol. The molecule has 0 spiro atoms. The number of carbonyl (C=O) groups is 1. The number of hydrogen-bond donors (Lipinski definition) is 2. The number of aryl methyl sites for hydroxylation is 2. The van der Waals surface area contributed by atoms with E-state index in [1.807, 2.05) is 0 Å². The van der Waals surface area contributed by atoms with Crippen LogP contribution in [-0.4, -0.2) is 42.4 Å². The van der Waals surface area contributed by atoms with Gasteiger partial charge in [-0.2, -0.15) is 0 Å². The lowest BCUT2D eigenvalue weighted by Gasteiger charge is -2.18. The summed E-state index contributed by atoms with van der Waals surface area (Å²) in [6.45, 7) is 4.36. The number of phenols is 1. The Morgan fingerprint density at radius 2 is 1.70 bits per heavy atom. The highest BCUT2D eigenvalue weighted by atomic mass is 19.1. The van der Waals surface area contributed by atoms with Crippen molar-refractivity contribution in [2.75, 3.05) is 20.8 Å². The van der Waals surface area contributed by atoms with E-state index < -0.39 is 5.82 Å². The van der Waals surface area contributed by atoms with Crippen molar-refractivity contribution in [2.24, 2.45) is 0 Å². The van der Waals surface area contributed by atoms with Gasteiger partial charge in [-0.25, -0.2) is 4.39 Å². The fourth-order valence-electron chi connectivity index (χ4n) is 4.26. The van der Waals surface area contributed by atoms with Crippen LogP contribution in [0.4, 0.5) is 4.39 Å². The molecular weight excluding hydrogens is 423 g/mol. The van der Waals surface area contributed by atoms with E-state index >= 15 is 4.39 Å². The number of hydrogen-bond acceptors (Lipinski definition) is 5. The molecular formula is C26H33FN2O4. The standard InChI is InChI=1S/C26H33FN2O4/c1-5-7-9-16-11-18(12-17(24(16)31)10-8-6-2)20(30)15-29-14-19-13-21(32-3)25(33-4)23(27)22(19)26(29)28/h11-13,28,31H,5-10,14-15H2,1-4H3. The summed E-state index contributed by atoms with van der Waals surface area (Å²) in [5, 5.41) is 19.2. The number of nitrogens with zero attached hydrogens (tertiary/aromatic N) is 1. The van der Waals surface area contributed by atoms with Gasteiger partial charge in [-0.3, -0.25) is 10.2 Å². The monoisotopic (exact) mass is 456 g/mol. The van der Waals surface area contributed by atoms with Crippen LogP contribution in [0.15, 0.2) is 18.2 Å². The van der Waals surface area contributed by atoms with Gasteiger partial charge in [-0.05, 0) is 60.6 Å². The molecule has 0 radical (unpaired) electrons. The van der Waals surface area contributed by atoms with Crippen molar-refractivity contribution < 1.29 is 23.8 Å². The first-order chi connectivity index (χ1) is 15.9. The first-order valence-electron chi connectivity index (χ1n) is 11.5. The molecule has 1 heterocycles. The van der Waals surface area contributed by atoms with Crippen molar-refractivity contribution in [3.8, 4) is 17.2 Å². The third-order valence-corrected chi connectivity index (χ3v) is 6.13. The Hall–Kier alpha value is -3.09. The van der Waals surface area contributed by atoms with Crippen molar-refractivity contribution in [3.05, 3.63) is 51.8 Å². The zero-order valence-corrected chi connectivity index (χ0v) is 19.9. The second kappa shape index (κ2) is 10.7. The number of ketones is 1. The molecule has 0 fully saturated rings. The van der Waals surface area contributed by atoms with Crippen molar-refractivity contribution in [3.63, 3.8) is 0 Å². The van der Waals surface area contributed by atoms with Crippen LogP contribution < -0.4 is 9.47 Å². The normalized spacial score (nSPS) is 12.8. The van der Waals surface area contributed by atoms with Gasteiger partial charge in [0, 0.05) is 12.1 Å². The molecule has 0 bridgehead atoms. The SMILES string of the molecule is CCCCc1cc(C(=O)CN2Cc3cc(OC)c(OC)c(F)c3C2=N)cc(CCCC)c1O. The van der Waals surface area contributed by atoms with Gasteiger partial charge in [-0.1, -0.05) is 26.7 Å². The lowest BCUT2D eigenvalue weighted by Crippen LogP contribution is -2.30. The smallest absolute Gasteiger partial charge is 0.197 e. The summed E-state index contributed by atoms with van der Waals surface area (Å²) in [6.07, 6.45) is 5.24. The average molecular weight is 457 g/mol. The number of Topliss-reactive ketones (excluding diaryl/α,β-unsaturated/α-hetero) is 1. The quantitative estimate of drug-likeness (QED) is 0.451. The molecule has 0 saturated heterocycles. The molecule has 2 aromatic rings. The van der Waals surface area contributed by atoms with E-state index in [0.717, 1.165) is 36.8 Å². The maximum Gasteiger partial charge on any atom is 0.197 e. The summed E-state index contributed by atoms with van der Waals surface area (Å²) in [5.74, 6) is -0.366. The summed E-state index contributed by atoms with van der Waals surface area (Å²) < 4.78 is 25.4. The maximum atomic E-state index is 15.0. The Kier molecular flexibility index (Phi) is 7.95. The number of methoxy groups -OCH3 is 2. The lowest BCUT2D eigenvalue weighted by atomic mass is 9.95. The molecule has 0 aliphatic carbocycles. The number of benzene rings is 2. The Morgan fingerprint density at radius 3 is 2.21 bits per heavy atom. The van der Waals surface area contributed by atoms with Gasteiger partial charge in [0.25, 0.3) is 0 Å². The van der Waals surface area contributed by atoms with Crippen LogP contribution in [0.3, 0.4) is 0 Å². The first-order valence-corrected chi connectivity index (χ1v) is 11.5. The van der Waals surface area contributed by atoms with E-state index in [-0.39, 0.29) is 47.5 Å².